The van der Waals surface area contributed by atoms with E-state index in [4.69, 9.17) is 0 Å². The number of carbonyl (C=O) groups is 1. The van der Waals surface area contributed by atoms with Gasteiger partial charge >= 0.3 is 51.4 Å². The number of hydrogen-bond acceptors (Lipinski definition) is 2. The van der Waals surface area contributed by atoms with E-state index in [2.05, 4.69) is 13.2 Å². The quantitative estimate of drug-likeness (QED) is 0.500. The normalized spacial score (nSPS) is 12.8. The Labute approximate surface area is 145 Å². The molecule has 0 aromatic heterocycles. The van der Waals surface area contributed by atoms with Gasteiger partial charge in [-0.25, -0.2) is 6.04 Å². The second kappa shape index (κ2) is 21.2. The molecule has 0 amide bonds. The topological polar surface area (TPSA) is 20.3 Å². The molecule has 1 fully saturated rings. The Balaban J connectivity index is -0.0000000900. The van der Waals surface area contributed by atoms with Gasteiger partial charge in [0.1, 0.15) is 0 Å². The van der Waals surface area contributed by atoms with Crippen LogP contribution in [0.5, 0.6) is 0 Å². The van der Waals surface area contributed by atoms with Crippen molar-refractivity contribution in [2.24, 2.45) is 0 Å². The molecule has 0 aromatic carbocycles. The van der Waals surface area contributed by atoms with E-state index in [-0.39, 0.29) is 57.2 Å². The number of ketones is 1. The smallest absolute Gasteiger partial charge is 0.521 e. The van der Waals surface area contributed by atoms with Gasteiger partial charge in [-0.1, -0.05) is 34.1 Å². The van der Waals surface area contributed by atoms with Gasteiger partial charge in [-0.15, -0.1) is 6.42 Å². The predicted octanol–water partition coefficient (Wildman–Crippen LogP) is 0.495. The number of nitrogens with zero attached hydrogens (tertiary/aromatic N) is 1. The molecule has 0 bridgehead atoms. The van der Waals surface area contributed by atoms with Crippen molar-refractivity contribution < 1.29 is 56.2 Å². The van der Waals surface area contributed by atoms with Gasteiger partial charge in [0.25, 0.3) is 0 Å². The van der Waals surface area contributed by atoms with Crippen molar-refractivity contribution in [1.82, 2.24) is 4.90 Å². The third-order valence-electron chi connectivity index (χ3n) is 1.77. The molecule has 0 aliphatic carbocycles. The molecule has 0 unspecified atom stereocenters. The molecule has 1 saturated heterocycles. The molecule has 0 saturated carbocycles. The first-order valence-corrected chi connectivity index (χ1v) is 5.70. The number of rotatable bonds is 1. The zero-order valence-electron chi connectivity index (χ0n) is 12.3. The summed E-state index contributed by atoms with van der Waals surface area (Å²) in [5, 5.41) is 0. The molecule has 92 valence electrons. The van der Waals surface area contributed by atoms with Crippen LogP contribution in [0.15, 0.2) is 6.58 Å². The molecular weight excluding hydrogens is 225 g/mol. The maximum Gasteiger partial charge on any atom is 1.00 e. The number of hydrogen-bond donors (Lipinski definition) is 0. The Hall–Kier alpha value is 0.876. The van der Waals surface area contributed by atoms with Gasteiger partial charge in [-0.2, -0.15) is 0 Å². The van der Waals surface area contributed by atoms with Crippen LogP contribution in [0.25, 0.3) is 0 Å². The summed E-state index contributed by atoms with van der Waals surface area (Å²) in [4.78, 5) is 12.8. The van der Waals surface area contributed by atoms with Gasteiger partial charge in [0, 0.05) is 5.78 Å². The maximum absolute atomic E-state index is 10.8. The van der Waals surface area contributed by atoms with E-state index in [0.29, 0.717) is 0 Å². The van der Waals surface area contributed by atoms with Crippen LogP contribution < -0.4 is 51.4 Å². The molecule has 0 spiro atoms. The number of likely N-dealkylation sites (tertiary alicyclic amines) is 1. The van der Waals surface area contributed by atoms with Crippen LogP contribution in [-0.4, -0.2) is 24.3 Å². The van der Waals surface area contributed by atoms with Gasteiger partial charge in [-0.3, -0.25) is 6.58 Å². The van der Waals surface area contributed by atoms with Crippen molar-refractivity contribution in [2.45, 2.75) is 47.5 Å². The van der Waals surface area contributed by atoms with Gasteiger partial charge in [-0.05, 0) is 20.5 Å². The third-order valence-corrected chi connectivity index (χ3v) is 1.77. The zero-order chi connectivity index (χ0) is 12.9. The van der Waals surface area contributed by atoms with E-state index >= 15 is 0 Å². The summed E-state index contributed by atoms with van der Waals surface area (Å²) >= 11 is 0. The first kappa shape index (κ1) is 25.7. The minimum atomic E-state index is 0. The average Bonchev–Trinajstić information content (AvgIpc) is 2.73. The molecule has 0 aromatic rings. The van der Waals surface area contributed by atoms with Crippen LogP contribution in [0.1, 0.15) is 47.5 Å². The maximum atomic E-state index is 10.8. The van der Waals surface area contributed by atoms with Crippen molar-refractivity contribution in [1.29, 1.82) is 0 Å². The summed E-state index contributed by atoms with van der Waals surface area (Å²) in [6, 6.07) is 0.995. The Morgan fingerprint density at radius 1 is 1.25 bits per heavy atom. The van der Waals surface area contributed by atoms with Crippen LogP contribution in [0.4, 0.5) is 0 Å². The van der Waals surface area contributed by atoms with E-state index in [1.165, 1.54) is 0 Å². The third kappa shape index (κ3) is 12.9. The number of likely N-dealkylation sites (N-methyl/N-ethyl adjacent to an activating group) is 1. The molecule has 1 rings (SSSR count). The first-order valence-electron chi connectivity index (χ1n) is 5.70. The van der Waals surface area contributed by atoms with Crippen LogP contribution in [0, 0.1) is 12.6 Å². The Morgan fingerprint density at radius 3 is 1.75 bits per heavy atom. The monoisotopic (exact) mass is 252 g/mol. The Kier molecular flexibility index (Phi) is 34.0. The summed E-state index contributed by atoms with van der Waals surface area (Å²) < 4.78 is 0. The summed E-state index contributed by atoms with van der Waals surface area (Å²) in [6.07, 6.45) is 2.12. The SMILES string of the molecule is CC.CC.CC(=O)[C-]1CCCN1C.[CH-]=C.[K+]. The van der Waals surface area contributed by atoms with Crippen LogP contribution >= 0.6 is 0 Å². The van der Waals surface area contributed by atoms with Crippen LogP contribution in [-0.2, 0) is 4.79 Å². The second-order valence-corrected chi connectivity index (χ2v) is 2.53. The van der Waals surface area contributed by atoms with Crippen molar-refractivity contribution in [2.75, 3.05) is 13.6 Å². The van der Waals surface area contributed by atoms with Crippen LogP contribution in [0.2, 0.25) is 0 Å². The molecule has 1 aliphatic rings. The van der Waals surface area contributed by atoms with E-state index < -0.39 is 0 Å². The fraction of sp³-hybridized carbons (Fsp3) is 0.692. The van der Waals surface area contributed by atoms with Crippen molar-refractivity contribution >= 4 is 5.78 Å². The van der Waals surface area contributed by atoms with Gasteiger partial charge < -0.3 is 16.3 Å². The van der Waals surface area contributed by atoms with E-state index in [9.17, 15) is 4.79 Å². The molecule has 0 atom stereocenters. The number of carbonyl (C=O) groups excluding carboxylic acids is 1. The van der Waals surface area contributed by atoms with E-state index in [0.717, 1.165) is 25.4 Å². The van der Waals surface area contributed by atoms with Gasteiger partial charge in [0.05, 0.1) is 0 Å². The number of Topliss-reactive ketones (excluding diaryl/α,β-unsaturated/α-hetero) is 1. The summed E-state index contributed by atoms with van der Waals surface area (Å²) in [5.74, 6) is 0.231. The fourth-order valence-corrected chi connectivity index (χ4v) is 1.25. The van der Waals surface area contributed by atoms with Crippen molar-refractivity contribution in [3.05, 3.63) is 19.2 Å². The molecule has 0 N–H and O–H groups in total. The molecular formula is C13H27KNO-. The van der Waals surface area contributed by atoms with Crippen molar-refractivity contribution in [3.8, 4) is 0 Å². The molecule has 0 radical (unpaired) electrons. The zero-order valence-corrected chi connectivity index (χ0v) is 15.4. The van der Waals surface area contributed by atoms with E-state index in [1.807, 2.05) is 39.6 Å². The van der Waals surface area contributed by atoms with Gasteiger partial charge in [0.2, 0.25) is 0 Å². The molecule has 16 heavy (non-hydrogen) atoms. The molecule has 3 heteroatoms. The summed E-state index contributed by atoms with van der Waals surface area (Å²) in [6.45, 7) is 17.7. The standard InChI is InChI=1S/C7H12NO.2C2H6.C2H3.K/c1-6(9)7-4-3-5-8(7)2;3*1-2;/h3-5H2,1-2H3;2*1-2H3;1H,2H2;/q-1;;;-1;+1. The summed E-state index contributed by atoms with van der Waals surface area (Å²) in [7, 11) is 1.98. The molecule has 1 aliphatic heterocycles. The second-order valence-electron chi connectivity index (χ2n) is 2.53. The minimum Gasteiger partial charge on any atom is -0.521 e. The molecule has 2 nitrogen and oxygen atoms in total. The van der Waals surface area contributed by atoms with Crippen LogP contribution in [0.3, 0.4) is 0 Å². The fourth-order valence-electron chi connectivity index (χ4n) is 1.25. The Morgan fingerprint density at radius 2 is 1.62 bits per heavy atom. The predicted molar refractivity (Wildman–Crippen MR) is 68.4 cm³/mol. The molecule has 1 heterocycles. The largest absolute Gasteiger partial charge is 1.00 e. The van der Waals surface area contributed by atoms with E-state index in [1.54, 1.807) is 6.92 Å². The average molecular weight is 252 g/mol. The summed E-state index contributed by atoms with van der Waals surface area (Å²) in [5.41, 5.74) is 0. The van der Waals surface area contributed by atoms with Gasteiger partial charge in [0.15, 0.2) is 0 Å². The first-order chi connectivity index (χ1) is 7.22. The van der Waals surface area contributed by atoms with Crippen molar-refractivity contribution in [3.63, 3.8) is 0 Å². The minimum absolute atomic E-state index is 0. The Bertz CT molecular complexity index is 140.